The van der Waals surface area contributed by atoms with Crippen molar-refractivity contribution in [1.29, 1.82) is 0 Å². The van der Waals surface area contributed by atoms with Crippen LogP contribution in [0, 0.1) is 0 Å². The fraction of sp³-hybridized carbons (Fsp3) is 0.235. The average Bonchev–Trinajstić information content (AvgIpc) is 2.93. The smallest absolute Gasteiger partial charge is 0.274 e. The summed E-state index contributed by atoms with van der Waals surface area (Å²) < 4.78 is 5.87. The zero-order valence-corrected chi connectivity index (χ0v) is 12.6. The number of carbonyl (C=O) groups is 1. The topological polar surface area (TPSA) is 59.2 Å². The summed E-state index contributed by atoms with van der Waals surface area (Å²) in [4.78, 5) is 22.0. The molecule has 22 heavy (non-hydrogen) atoms. The summed E-state index contributed by atoms with van der Waals surface area (Å²) in [5.41, 5.74) is 2.25. The van der Waals surface area contributed by atoms with E-state index in [0.29, 0.717) is 12.2 Å². The molecule has 3 aromatic rings. The number of aromatic nitrogens is 2. The van der Waals surface area contributed by atoms with Gasteiger partial charge in [-0.25, -0.2) is 4.98 Å². The van der Waals surface area contributed by atoms with Crippen LogP contribution in [0.3, 0.4) is 0 Å². The summed E-state index contributed by atoms with van der Waals surface area (Å²) in [5.74, 6) is 0.764. The van der Waals surface area contributed by atoms with Gasteiger partial charge < -0.3 is 9.32 Å². The second-order valence-corrected chi connectivity index (χ2v) is 5.11. The van der Waals surface area contributed by atoms with Crippen LogP contribution in [0.1, 0.15) is 28.7 Å². The van der Waals surface area contributed by atoms with E-state index in [1.165, 1.54) is 12.4 Å². The number of para-hydroxylation sites is 1. The summed E-state index contributed by atoms with van der Waals surface area (Å²) in [6.45, 7) is 2.53. The number of aryl methyl sites for hydroxylation is 1. The maximum Gasteiger partial charge on any atom is 0.274 e. The van der Waals surface area contributed by atoms with Crippen molar-refractivity contribution in [2.45, 2.75) is 19.9 Å². The van der Waals surface area contributed by atoms with Crippen molar-refractivity contribution in [3.8, 4) is 0 Å². The summed E-state index contributed by atoms with van der Waals surface area (Å²) in [5, 5.41) is 1.05. The summed E-state index contributed by atoms with van der Waals surface area (Å²) in [6.07, 6.45) is 5.34. The molecule has 0 aliphatic carbocycles. The number of benzene rings is 1. The van der Waals surface area contributed by atoms with Gasteiger partial charge in [0.05, 0.1) is 6.20 Å². The molecule has 5 nitrogen and oxygen atoms in total. The van der Waals surface area contributed by atoms with E-state index in [1.807, 2.05) is 31.2 Å². The highest BCUT2D eigenvalue weighted by Gasteiger charge is 2.18. The van der Waals surface area contributed by atoms with E-state index in [9.17, 15) is 4.79 Å². The Morgan fingerprint density at radius 3 is 2.82 bits per heavy atom. The Balaban J connectivity index is 1.91. The third kappa shape index (κ3) is 2.57. The molecule has 5 heteroatoms. The minimum absolute atomic E-state index is 0.152. The standard InChI is InChI=1S/C17H17N3O2/c1-3-15-13(12-6-4-5-7-16(12)22-15)11-20(2)17(21)14-10-18-8-9-19-14/h4-10H,3,11H2,1-2H3. The number of hydrogen-bond donors (Lipinski definition) is 0. The maximum absolute atomic E-state index is 12.4. The van der Waals surface area contributed by atoms with Crippen molar-refractivity contribution in [3.63, 3.8) is 0 Å². The van der Waals surface area contributed by atoms with E-state index < -0.39 is 0 Å². The highest BCUT2D eigenvalue weighted by molar-refractivity contribution is 5.92. The number of amides is 1. The third-order valence-corrected chi connectivity index (χ3v) is 3.63. The average molecular weight is 295 g/mol. The second kappa shape index (κ2) is 5.97. The van der Waals surface area contributed by atoms with Crippen LogP contribution in [0.4, 0.5) is 0 Å². The molecule has 0 unspecified atom stereocenters. The Labute approximate surface area is 128 Å². The van der Waals surface area contributed by atoms with Crippen molar-refractivity contribution >= 4 is 16.9 Å². The van der Waals surface area contributed by atoms with Gasteiger partial charge in [0.1, 0.15) is 17.0 Å². The first kappa shape index (κ1) is 14.3. The predicted molar refractivity (Wildman–Crippen MR) is 83.4 cm³/mol. The van der Waals surface area contributed by atoms with Gasteiger partial charge in [-0.2, -0.15) is 0 Å². The van der Waals surface area contributed by atoms with E-state index in [-0.39, 0.29) is 5.91 Å². The van der Waals surface area contributed by atoms with Crippen molar-refractivity contribution in [2.24, 2.45) is 0 Å². The van der Waals surface area contributed by atoms with Crippen molar-refractivity contribution < 1.29 is 9.21 Å². The molecule has 2 heterocycles. The molecule has 0 N–H and O–H groups in total. The quantitative estimate of drug-likeness (QED) is 0.742. The van der Waals surface area contributed by atoms with Gasteiger partial charge in [-0.15, -0.1) is 0 Å². The van der Waals surface area contributed by atoms with Gasteiger partial charge in [0.2, 0.25) is 0 Å². The molecule has 112 valence electrons. The summed E-state index contributed by atoms with van der Waals surface area (Å²) in [7, 11) is 1.76. The van der Waals surface area contributed by atoms with Crippen LogP contribution in [0.25, 0.3) is 11.0 Å². The van der Waals surface area contributed by atoms with Crippen molar-refractivity contribution in [1.82, 2.24) is 14.9 Å². The zero-order chi connectivity index (χ0) is 15.5. The SMILES string of the molecule is CCc1oc2ccccc2c1CN(C)C(=O)c1cnccn1. The molecule has 0 aliphatic heterocycles. The second-order valence-electron chi connectivity index (χ2n) is 5.11. The molecule has 0 bridgehead atoms. The monoisotopic (exact) mass is 295 g/mol. The minimum atomic E-state index is -0.152. The molecule has 1 amide bonds. The highest BCUT2D eigenvalue weighted by atomic mass is 16.3. The van der Waals surface area contributed by atoms with Crippen LogP contribution in [0.5, 0.6) is 0 Å². The Bertz CT molecular complexity index is 796. The van der Waals surface area contributed by atoms with Gasteiger partial charge >= 0.3 is 0 Å². The number of fused-ring (bicyclic) bond motifs is 1. The first-order valence-electron chi connectivity index (χ1n) is 7.21. The molecule has 0 spiro atoms. The van der Waals surface area contributed by atoms with Gasteiger partial charge in [-0.1, -0.05) is 25.1 Å². The fourth-order valence-corrected chi connectivity index (χ4v) is 2.52. The minimum Gasteiger partial charge on any atom is -0.461 e. The molecule has 3 rings (SSSR count). The summed E-state index contributed by atoms with van der Waals surface area (Å²) >= 11 is 0. The molecule has 0 saturated heterocycles. The molecule has 1 aromatic carbocycles. The lowest BCUT2D eigenvalue weighted by Gasteiger charge is -2.16. The van der Waals surface area contributed by atoms with E-state index in [4.69, 9.17) is 4.42 Å². The van der Waals surface area contributed by atoms with Crippen LogP contribution in [0.15, 0.2) is 47.3 Å². The maximum atomic E-state index is 12.4. The van der Waals surface area contributed by atoms with Crippen LogP contribution in [0.2, 0.25) is 0 Å². The molecular weight excluding hydrogens is 278 g/mol. The third-order valence-electron chi connectivity index (χ3n) is 3.63. The first-order valence-corrected chi connectivity index (χ1v) is 7.21. The highest BCUT2D eigenvalue weighted by Crippen LogP contribution is 2.27. The number of hydrogen-bond acceptors (Lipinski definition) is 4. The van der Waals surface area contributed by atoms with E-state index >= 15 is 0 Å². The van der Waals surface area contributed by atoms with Gasteiger partial charge in [0.25, 0.3) is 5.91 Å². The predicted octanol–water partition coefficient (Wildman–Crippen LogP) is 3.06. The lowest BCUT2D eigenvalue weighted by atomic mass is 10.1. The lowest BCUT2D eigenvalue weighted by molar-refractivity contribution is 0.0778. The molecule has 0 radical (unpaired) electrons. The number of furan rings is 1. The van der Waals surface area contributed by atoms with E-state index in [1.54, 1.807) is 18.1 Å². The van der Waals surface area contributed by atoms with E-state index in [2.05, 4.69) is 9.97 Å². The van der Waals surface area contributed by atoms with Crippen LogP contribution in [-0.4, -0.2) is 27.8 Å². The molecular formula is C17H17N3O2. The largest absolute Gasteiger partial charge is 0.461 e. The van der Waals surface area contributed by atoms with Crippen molar-refractivity contribution in [2.75, 3.05) is 7.05 Å². The van der Waals surface area contributed by atoms with Crippen LogP contribution >= 0.6 is 0 Å². The summed E-state index contributed by atoms with van der Waals surface area (Å²) in [6, 6.07) is 7.89. The molecule has 2 aromatic heterocycles. The Morgan fingerprint density at radius 2 is 2.09 bits per heavy atom. The first-order chi connectivity index (χ1) is 10.7. The van der Waals surface area contributed by atoms with Crippen LogP contribution in [-0.2, 0) is 13.0 Å². The number of carbonyl (C=O) groups excluding carboxylic acids is 1. The van der Waals surface area contributed by atoms with Gasteiger partial charge in [-0.05, 0) is 6.07 Å². The molecule has 0 fully saturated rings. The van der Waals surface area contributed by atoms with Crippen LogP contribution < -0.4 is 0 Å². The molecule has 0 atom stereocenters. The Hall–Kier alpha value is -2.69. The number of rotatable bonds is 4. The normalized spacial score (nSPS) is 10.8. The molecule has 0 aliphatic rings. The van der Waals surface area contributed by atoms with E-state index in [0.717, 1.165) is 28.7 Å². The molecule has 0 saturated carbocycles. The number of nitrogens with zero attached hydrogens (tertiary/aromatic N) is 3. The fourth-order valence-electron chi connectivity index (χ4n) is 2.52. The lowest BCUT2D eigenvalue weighted by Crippen LogP contribution is -2.27. The van der Waals surface area contributed by atoms with Gasteiger partial charge in [0.15, 0.2) is 0 Å². The van der Waals surface area contributed by atoms with Gasteiger partial charge in [-0.3, -0.25) is 9.78 Å². The zero-order valence-electron chi connectivity index (χ0n) is 12.6. The Morgan fingerprint density at radius 1 is 1.27 bits per heavy atom. The van der Waals surface area contributed by atoms with Crippen molar-refractivity contribution in [3.05, 3.63) is 59.9 Å². The van der Waals surface area contributed by atoms with Gasteiger partial charge in [0, 0.05) is 43.4 Å². The Kier molecular flexibility index (Phi) is 3.87.